The summed E-state index contributed by atoms with van der Waals surface area (Å²) in [6.45, 7) is 0.771. The van der Waals surface area contributed by atoms with Gasteiger partial charge in [-0.2, -0.15) is 0 Å². The Balaban J connectivity index is 1.29. The Labute approximate surface area is 190 Å². The zero-order chi connectivity index (χ0) is 22.0. The van der Waals surface area contributed by atoms with Gasteiger partial charge in [0.2, 0.25) is 5.95 Å². The van der Waals surface area contributed by atoms with Crippen LogP contribution in [0.25, 0.3) is 44.5 Å². The zero-order valence-electron chi connectivity index (χ0n) is 17.9. The Kier molecular flexibility index (Phi) is 4.81. The van der Waals surface area contributed by atoms with Gasteiger partial charge in [-0.15, -0.1) is 0 Å². The van der Waals surface area contributed by atoms with Gasteiger partial charge in [-0.1, -0.05) is 48.5 Å². The van der Waals surface area contributed by atoms with E-state index in [0.717, 1.165) is 52.0 Å². The number of hydrogen-bond donors (Lipinski definition) is 3. The molecule has 6 rings (SSSR count). The number of hydrogen-bond acceptors (Lipinski definition) is 4. The van der Waals surface area contributed by atoms with E-state index < -0.39 is 0 Å². The van der Waals surface area contributed by atoms with Gasteiger partial charge in [0, 0.05) is 58.2 Å². The number of pyridine rings is 1. The average Bonchev–Trinajstić information content (AvgIpc) is 3.49. The van der Waals surface area contributed by atoms with Crippen molar-refractivity contribution in [3.63, 3.8) is 0 Å². The lowest BCUT2D eigenvalue weighted by Crippen LogP contribution is -2.08. The molecule has 0 atom stereocenters. The fourth-order valence-electron chi connectivity index (χ4n) is 4.15. The van der Waals surface area contributed by atoms with E-state index in [4.69, 9.17) is 4.98 Å². The predicted octanol–water partition coefficient (Wildman–Crippen LogP) is 5.82. The first kappa shape index (κ1) is 19.3. The van der Waals surface area contributed by atoms with Crippen molar-refractivity contribution in [2.45, 2.75) is 6.42 Å². The van der Waals surface area contributed by atoms with Gasteiger partial charge in [0.1, 0.15) is 5.65 Å². The smallest absolute Gasteiger partial charge is 0.223 e. The van der Waals surface area contributed by atoms with Crippen molar-refractivity contribution in [3.8, 4) is 22.5 Å². The Bertz CT molecular complexity index is 1510. The minimum Gasteiger partial charge on any atom is -0.354 e. The third kappa shape index (κ3) is 3.83. The molecule has 0 saturated heterocycles. The fraction of sp³-hybridized carbons (Fsp3) is 0.0741. The second-order valence-corrected chi connectivity index (χ2v) is 8.02. The molecule has 0 bridgehead atoms. The quantitative estimate of drug-likeness (QED) is 0.311. The number of aromatic amines is 2. The van der Waals surface area contributed by atoms with Crippen molar-refractivity contribution in [1.82, 2.24) is 24.9 Å². The van der Waals surface area contributed by atoms with E-state index in [1.165, 1.54) is 10.9 Å². The number of nitrogens with zero attached hydrogens (tertiary/aromatic N) is 3. The summed E-state index contributed by atoms with van der Waals surface area (Å²) in [5.41, 5.74) is 7.18. The van der Waals surface area contributed by atoms with Crippen LogP contribution < -0.4 is 5.32 Å². The maximum Gasteiger partial charge on any atom is 0.223 e. The number of rotatable bonds is 6. The summed E-state index contributed by atoms with van der Waals surface area (Å²) in [4.78, 5) is 20.6. The van der Waals surface area contributed by atoms with Crippen LogP contribution in [-0.2, 0) is 6.42 Å². The molecule has 3 N–H and O–H groups in total. The van der Waals surface area contributed by atoms with Gasteiger partial charge in [0.25, 0.3) is 0 Å². The SMILES string of the molecule is c1ccc(CCNc2nccc(-c3c[nH]c4ncc(-c5cc6ccccc6[nH]5)cc34)n2)cc1. The molecule has 6 nitrogen and oxygen atoms in total. The normalized spacial score (nSPS) is 11.3. The Morgan fingerprint density at radius 3 is 2.67 bits per heavy atom. The molecule has 6 heteroatoms. The monoisotopic (exact) mass is 430 g/mol. The van der Waals surface area contributed by atoms with Gasteiger partial charge >= 0.3 is 0 Å². The van der Waals surface area contributed by atoms with Crippen LogP contribution in [0.15, 0.2) is 91.4 Å². The molecule has 0 radical (unpaired) electrons. The van der Waals surface area contributed by atoms with Crippen molar-refractivity contribution >= 4 is 27.9 Å². The van der Waals surface area contributed by atoms with Crippen molar-refractivity contribution in [3.05, 3.63) is 97.0 Å². The summed E-state index contributed by atoms with van der Waals surface area (Å²) >= 11 is 0. The highest BCUT2D eigenvalue weighted by Crippen LogP contribution is 2.31. The molecule has 0 saturated carbocycles. The Morgan fingerprint density at radius 1 is 0.879 bits per heavy atom. The topological polar surface area (TPSA) is 82.3 Å². The van der Waals surface area contributed by atoms with E-state index in [1.807, 2.05) is 36.7 Å². The van der Waals surface area contributed by atoms with Crippen molar-refractivity contribution in [2.75, 3.05) is 11.9 Å². The van der Waals surface area contributed by atoms with Gasteiger partial charge < -0.3 is 15.3 Å². The first-order valence-corrected chi connectivity index (χ1v) is 11.0. The van der Waals surface area contributed by atoms with Crippen LogP contribution in [0.4, 0.5) is 5.95 Å². The molecule has 33 heavy (non-hydrogen) atoms. The van der Waals surface area contributed by atoms with Gasteiger partial charge in [0.15, 0.2) is 0 Å². The van der Waals surface area contributed by atoms with Gasteiger partial charge in [-0.3, -0.25) is 0 Å². The minimum absolute atomic E-state index is 0.623. The zero-order valence-corrected chi connectivity index (χ0v) is 17.9. The van der Waals surface area contributed by atoms with Crippen molar-refractivity contribution in [2.24, 2.45) is 0 Å². The van der Waals surface area contributed by atoms with E-state index >= 15 is 0 Å². The number of benzene rings is 2. The Morgan fingerprint density at radius 2 is 1.76 bits per heavy atom. The van der Waals surface area contributed by atoms with Crippen molar-refractivity contribution < 1.29 is 0 Å². The number of fused-ring (bicyclic) bond motifs is 2. The summed E-state index contributed by atoms with van der Waals surface area (Å²) in [7, 11) is 0. The standard InChI is InChI=1S/C27H22N6/c1-2-6-18(7-3-1)10-12-28-27-29-13-11-24(33-27)22-17-31-26-21(22)14-20(16-30-26)25-15-19-8-4-5-9-23(19)32-25/h1-9,11,13-17,32H,10,12H2,(H,30,31)(H,28,29,33). The highest BCUT2D eigenvalue weighted by atomic mass is 15.1. The molecule has 4 heterocycles. The summed E-state index contributed by atoms with van der Waals surface area (Å²) in [6, 6.07) is 24.9. The summed E-state index contributed by atoms with van der Waals surface area (Å²) < 4.78 is 0. The third-order valence-corrected chi connectivity index (χ3v) is 5.84. The number of para-hydroxylation sites is 1. The molecule has 0 unspecified atom stereocenters. The van der Waals surface area contributed by atoms with Crippen LogP contribution in [0, 0.1) is 0 Å². The maximum atomic E-state index is 4.76. The second kappa shape index (κ2) is 8.24. The lowest BCUT2D eigenvalue weighted by atomic mass is 10.1. The van der Waals surface area contributed by atoms with E-state index in [2.05, 4.69) is 73.8 Å². The van der Waals surface area contributed by atoms with E-state index in [-0.39, 0.29) is 0 Å². The number of aromatic nitrogens is 5. The average molecular weight is 431 g/mol. The summed E-state index contributed by atoms with van der Waals surface area (Å²) in [5.74, 6) is 0.623. The lowest BCUT2D eigenvalue weighted by molar-refractivity contribution is 0.985. The van der Waals surface area contributed by atoms with Crippen LogP contribution >= 0.6 is 0 Å². The van der Waals surface area contributed by atoms with Crippen LogP contribution in [0.1, 0.15) is 5.56 Å². The molecule has 0 spiro atoms. The Hall–Kier alpha value is -4.45. The molecule has 6 aromatic rings. The molecule has 0 fully saturated rings. The molecule has 160 valence electrons. The van der Waals surface area contributed by atoms with Crippen LogP contribution in [0.5, 0.6) is 0 Å². The van der Waals surface area contributed by atoms with Crippen LogP contribution in [0.2, 0.25) is 0 Å². The molecule has 0 aliphatic rings. The van der Waals surface area contributed by atoms with E-state index in [9.17, 15) is 0 Å². The minimum atomic E-state index is 0.623. The molecule has 2 aromatic carbocycles. The van der Waals surface area contributed by atoms with Crippen LogP contribution in [-0.4, -0.2) is 31.5 Å². The van der Waals surface area contributed by atoms with Gasteiger partial charge in [0.05, 0.1) is 5.69 Å². The fourth-order valence-corrected chi connectivity index (χ4v) is 4.15. The highest BCUT2D eigenvalue weighted by molar-refractivity contribution is 5.95. The van der Waals surface area contributed by atoms with Gasteiger partial charge in [-0.25, -0.2) is 15.0 Å². The first-order chi connectivity index (χ1) is 16.3. The number of anilines is 1. The summed E-state index contributed by atoms with van der Waals surface area (Å²) in [5, 5.41) is 5.55. The molecule has 4 aromatic heterocycles. The van der Waals surface area contributed by atoms with E-state index in [1.54, 1.807) is 6.20 Å². The molecule has 0 aliphatic heterocycles. The predicted molar refractivity (Wildman–Crippen MR) is 133 cm³/mol. The molecular weight excluding hydrogens is 408 g/mol. The van der Waals surface area contributed by atoms with E-state index in [0.29, 0.717) is 5.95 Å². The molecule has 0 amide bonds. The van der Waals surface area contributed by atoms with Gasteiger partial charge in [-0.05, 0) is 36.2 Å². The lowest BCUT2D eigenvalue weighted by Gasteiger charge is -2.07. The second-order valence-electron chi connectivity index (χ2n) is 8.02. The maximum absolute atomic E-state index is 4.76. The highest BCUT2D eigenvalue weighted by Gasteiger charge is 2.12. The number of nitrogens with one attached hydrogen (secondary N) is 3. The number of H-pyrrole nitrogens is 2. The van der Waals surface area contributed by atoms with Crippen molar-refractivity contribution in [1.29, 1.82) is 0 Å². The molecule has 0 aliphatic carbocycles. The third-order valence-electron chi connectivity index (χ3n) is 5.84. The first-order valence-electron chi connectivity index (χ1n) is 11.0. The molecular formula is C27H22N6. The summed E-state index contributed by atoms with van der Waals surface area (Å²) in [6.07, 6.45) is 6.56. The van der Waals surface area contributed by atoms with Crippen LogP contribution in [0.3, 0.4) is 0 Å². The largest absolute Gasteiger partial charge is 0.354 e.